The number of allylic oxidation sites excluding steroid dienone is 1. The van der Waals surface area contributed by atoms with Gasteiger partial charge < -0.3 is 24.4 Å². The fourth-order valence-electron chi connectivity index (χ4n) is 5.75. The standard InChI is InChI=1S/C24H34N2O6/c1-16(2)25-13-9-11-24-17(20(28)26(12-6-7-14-27)19(24)21(25)29)18-22(30)31-15-8-4-5-10-23(18,3)32-24/h5,9-11,16-19,27H,4,6-8,12-15H2,1-3H3/b10-5-/t17-,18+,19?,23-,24-/m0/s1. The van der Waals surface area contributed by atoms with E-state index in [0.717, 1.165) is 6.42 Å². The maximum atomic E-state index is 13.9. The molecule has 2 amide bonds. The van der Waals surface area contributed by atoms with E-state index >= 15 is 0 Å². The lowest BCUT2D eigenvalue weighted by Gasteiger charge is -2.38. The molecule has 4 rings (SSSR count). The number of hydrogen-bond donors (Lipinski definition) is 1. The smallest absolute Gasteiger partial charge is 0.313 e. The summed E-state index contributed by atoms with van der Waals surface area (Å²) in [5.74, 6) is -2.55. The fraction of sp³-hybridized carbons (Fsp3) is 0.708. The highest BCUT2D eigenvalue weighted by molar-refractivity contribution is 5.99. The average Bonchev–Trinajstić information content (AvgIpc) is 3.07. The highest BCUT2D eigenvalue weighted by atomic mass is 16.6. The fourth-order valence-corrected chi connectivity index (χ4v) is 5.75. The highest BCUT2D eigenvalue weighted by Gasteiger charge is 2.74. The Morgan fingerprint density at radius 3 is 2.62 bits per heavy atom. The van der Waals surface area contributed by atoms with Gasteiger partial charge in [0.1, 0.15) is 17.6 Å². The molecule has 0 aromatic rings. The van der Waals surface area contributed by atoms with E-state index in [2.05, 4.69) is 0 Å². The van der Waals surface area contributed by atoms with Crippen LogP contribution in [0.4, 0.5) is 0 Å². The number of unbranched alkanes of at least 4 members (excludes halogenated alkanes) is 1. The van der Waals surface area contributed by atoms with E-state index in [4.69, 9.17) is 9.47 Å². The molecule has 0 saturated carbocycles. The van der Waals surface area contributed by atoms with Gasteiger partial charge in [-0.25, -0.2) is 0 Å². The van der Waals surface area contributed by atoms with Gasteiger partial charge in [0.15, 0.2) is 0 Å². The third-order valence-electron chi connectivity index (χ3n) is 7.21. The summed E-state index contributed by atoms with van der Waals surface area (Å²) in [4.78, 5) is 44.2. The second-order valence-corrected chi connectivity index (χ2v) is 9.66. The second kappa shape index (κ2) is 8.63. The molecule has 8 heteroatoms. The Morgan fingerprint density at radius 2 is 1.91 bits per heavy atom. The summed E-state index contributed by atoms with van der Waals surface area (Å²) in [5.41, 5.74) is -2.28. The van der Waals surface area contributed by atoms with Crippen LogP contribution in [0.25, 0.3) is 0 Å². The molecule has 2 saturated heterocycles. The third kappa shape index (κ3) is 3.48. The number of hydrogen-bond acceptors (Lipinski definition) is 6. The van der Waals surface area contributed by atoms with Crippen molar-refractivity contribution in [3.8, 4) is 0 Å². The maximum Gasteiger partial charge on any atom is 0.313 e. The van der Waals surface area contributed by atoms with Crippen LogP contribution < -0.4 is 0 Å². The SMILES string of the molecule is CC(C)N1CC=C[C@]23O[C@@]4(C)/C=C\CCCOC(=O)[C@H]4[C@H]2C(=O)N(CCCCO)C3C1=O. The lowest BCUT2D eigenvalue weighted by atomic mass is 9.74. The summed E-state index contributed by atoms with van der Waals surface area (Å²) in [5, 5.41) is 9.23. The second-order valence-electron chi connectivity index (χ2n) is 9.66. The molecule has 1 spiro atoms. The minimum absolute atomic E-state index is 0.0154. The van der Waals surface area contributed by atoms with Crippen molar-refractivity contribution in [1.29, 1.82) is 0 Å². The molecule has 4 aliphatic rings. The van der Waals surface area contributed by atoms with Crippen molar-refractivity contribution in [3.05, 3.63) is 24.3 Å². The van der Waals surface area contributed by atoms with Gasteiger partial charge in [0.25, 0.3) is 0 Å². The van der Waals surface area contributed by atoms with Crippen molar-refractivity contribution < 1.29 is 29.0 Å². The third-order valence-corrected chi connectivity index (χ3v) is 7.21. The average molecular weight is 447 g/mol. The van der Waals surface area contributed by atoms with Crippen molar-refractivity contribution in [2.24, 2.45) is 11.8 Å². The Balaban J connectivity index is 1.83. The Kier molecular flexibility index (Phi) is 6.20. The zero-order chi connectivity index (χ0) is 23.1. The van der Waals surface area contributed by atoms with Gasteiger partial charge in [0, 0.05) is 25.7 Å². The van der Waals surface area contributed by atoms with Gasteiger partial charge in [-0.15, -0.1) is 0 Å². The molecule has 2 fully saturated rings. The summed E-state index contributed by atoms with van der Waals surface area (Å²) >= 11 is 0. The minimum atomic E-state index is -1.24. The number of fused-ring (bicyclic) bond motifs is 2. The first-order valence-corrected chi connectivity index (χ1v) is 11.7. The molecule has 5 atom stereocenters. The zero-order valence-corrected chi connectivity index (χ0v) is 19.2. The highest BCUT2D eigenvalue weighted by Crippen LogP contribution is 2.57. The van der Waals surface area contributed by atoms with E-state index < -0.39 is 35.0 Å². The molecule has 32 heavy (non-hydrogen) atoms. The monoisotopic (exact) mass is 446 g/mol. The number of aliphatic hydroxyl groups excluding tert-OH is 1. The zero-order valence-electron chi connectivity index (χ0n) is 19.2. The predicted octanol–water partition coefficient (Wildman–Crippen LogP) is 1.43. The first kappa shape index (κ1) is 23.0. The van der Waals surface area contributed by atoms with Crippen LogP contribution in [0.15, 0.2) is 24.3 Å². The van der Waals surface area contributed by atoms with Crippen LogP contribution in [-0.4, -0.2) is 82.3 Å². The number of likely N-dealkylation sites (tertiary alicyclic amines) is 1. The summed E-state index contributed by atoms with van der Waals surface area (Å²) in [6.45, 7) is 6.77. The number of nitrogens with zero attached hydrogens (tertiary/aromatic N) is 2. The topological polar surface area (TPSA) is 96.4 Å². The van der Waals surface area contributed by atoms with Crippen LogP contribution in [0.3, 0.4) is 0 Å². The lowest BCUT2D eigenvalue weighted by Crippen LogP contribution is -2.57. The lowest BCUT2D eigenvalue weighted by molar-refractivity contribution is -0.159. The van der Waals surface area contributed by atoms with Crippen LogP contribution in [0, 0.1) is 11.8 Å². The number of amides is 2. The van der Waals surface area contributed by atoms with Crippen LogP contribution in [0.5, 0.6) is 0 Å². The quantitative estimate of drug-likeness (QED) is 0.390. The normalized spacial score (nSPS) is 37.9. The molecule has 176 valence electrons. The van der Waals surface area contributed by atoms with E-state index in [0.29, 0.717) is 39.0 Å². The molecule has 0 aromatic carbocycles. The van der Waals surface area contributed by atoms with Gasteiger partial charge in [0.05, 0.1) is 18.1 Å². The first-order chi connectivity index (χ1) is 15.3. The van der Waals surface area contributed by atoms with Gasteiger partial charge in [-0.05, 0) is 46.5 Å². The summed E-state index contributed by atoms with van der Waals surface area (Å²) in [6.07, 6.45) is 10.1. The summed E-state index contributed by atoms with van der Waals surface area (Å²) in [7, 11) is 0. The number of rotatable bonds is 5. The Morgan fingerprint density at radius 1 is 1.12 bits per heavy atom. The first-order valence-electron chi connectivity index (χ1n) is 11.7. The molecule has 0 radical (unpaired) electrons. The molecule has 0 aromatic heterocycles. The summed E-state index contributed by atoms with van der Waals surface area (Å²) < 4.78 is 12.2. The molecule has 4 aliphatic heterocycles. The van der Waals surface area contributed by atoms with Gasteiger partial charge in [-0.3, -0.25) is 14.4 Å². The largest absolute Gasteiger partial charge is 0.465 e. The van der Waals surface area contributed by atoms with Crippen molar-refractivity contribution in [2.45, 2.75) is 69.7 Å². The molecule has 1 N–H and O–H groups in total. The van der Waals surface area contributed by atoms with E-state index in [-0.39, 0.29) is 24.5 Å². The Bertz CT molecular complexity index is 838. The van der Waals surface area contributed by atoms with Crippen LogP contribution in [0.2, 0.25) is 0 Å². The van der Waals surface area contributed by atoms with Gasteiger partial charge in [-0.1, -0.05) is 24.3 Å². The van der Waals surface area contributed by atoms with Gasteiger partial charge >= 0.3 is 5.97 Å². The summed E-state index contributed by atoms with van der Waals surface area (Å²) in [6, 6.07) is -0.900. The number of aliphatic hydroxyl groups is 1. The number of esters is 1. The van der Waals surface area contributed by atoms with E-state index in [1.54, 1.807) is 9.80 Å². The van der Waals surface area contributed by atoms with Gasteiger partial charge in [0.2, 0.25) is 11.8 Å². The number of carbonyl (C=O) groups excluding carboxylic acids is 3. The number of carbonyl (C=O) groups is 3. The molecular formula is C24H34N2O6. The number of cyclic esters (lactones) is 1. The van der Waals surface area contributed by atoms with Crippen LogP contribution in [0.1, 0.15) is 46.5 Å². The Hall–Kier alpha value is -2.19. The minimum Gasteiger partial charge on any atom is -0.465 e. The molecular weight excluding hydrogens is 412 g/mol. The van der Waals surface area contributed by atoms with Crippen molar-refractivity contribution in [1.82, 2.24) is 9.80 Å². The van der Waals surface area contributed by atoms with E-state index in [9.17, 15) is 19.5 Å². The van der Waals surface area contributed by atoms with Crippen LogP contribution in [-0.2, 0) is 23.9 Å². The number of ether oxygens (including phenoxy) is 2. The van der Waals surface area contributed by atoms with Crippen molar-refractivity contribution in [2.75, 3.05) is 26.3 Å². The molecule has 0 bridgehead atoms. The Labute approximate surface area is 189 Å². The predicted molar refractivity (Wildman–Crippen MR) is 116 cm³/mol. The molecule has 0 aliphatic carbocycles. The van der Waals surface area contributed by atoms with Gasteiger partial charge in [-0.2, -0.15) is 0 Å². The molecule has 8 nitrogen and oxygen atoms in total. The van der Waals surface area contributed by atoms with Crippen molar-refractivity contribution in [3.63, 3.8) is 0 Å². The van der Waals surface area contributed by atoms with E-state index in [1.165, 1.54) is 0 Å². The molecule has 1 unspecified atom stereocenters. The van der Waals surface area contributed by atoms with E-state index in [1.807, 2.05) is 45.1 Å². The van der Waals surface area contributed by atoms with Crippen molar-refractivity contribution >= 4 is 17.8 Å². The molecule has 4 heterocycles. The maximum absolute atomic E-state index is 13.9. The van der Waals surface area contributed by atoms with Crippen LogP contribution >= 0.6 is 0 Å².